The Morgan fingerprint density at radius 1 is 0.726 bits per heavy atom. The number of aliphatic imine (C=N–C) groups is 1. The van der Waals surface area contributed by atoms with E-state index in [9.17, 15) is 0 Å². The third-order valence-electron chi connectivity index (χ3n) is 13.1. The van der Waals surface area contributed by atoms with E-state index < -0.39 is 0 Å². The van der Waals surface area contributed by atoms with E-state index in [1.165, 1.54) is 38.8 Å². The Kier molecular flexibility index (Phi) is 9.63. The molecule has 310 valence electrons. The third-order valence-corrected chi connectivity index (χ3v) is 14.5. The zero-order valence-corrected chi connectivity index (χ0v) is 39.5. The van der Waals surface area contributed by atoms with Gasteiger partial charge in [0.1, 0.15) is 5.82 Å². The van der Waals surface area contributed by atoms with E-state index in [4.69, 9.17) is 15.0 Å². The van der Waals surface area contributed by atoms with Crippen molar-refractivity contribution in [2.24, 2.45) is 4.99 Å². The molecule has 0 fully saturated rings. The van der Waals surface area contributed by atoms with Crippen LogP contribution in [0.5, 0.6) is 0 Å². The first-order chi connectivity index (χ1) is 29.3. The summed E-state index contributed by atoms with van der Waals surface area (Å²) in [6, 6.07) is 50.1. The molecule has 5 heterocycles. The summed E-state index contributed by atoms with van der Waals surface area (Å²) in [4.78, 5) is 17.8. The standard InChI is InChI=1S/C55H49N5S.Pt/c1-53(2,3)35-23-25-57-50(29-35)60-46-21-11-9-16-37(46)40-30-43-49(32-48(40)60)59(47-22-12-10-18-42(47)55(43,7)8)36-27-33(44-20-13-14-24-56-44)26-34(28-36)52-58-45-31-39-38(51(45)61-52)17-15-19-41(39)54(4,5)6;/h9-27,29-30,45,51H,31H2,1-8H3;/q-2;+2/t45-,51+;/m1./s1. The molecule has 7 heteroatoms. The van der Waals surface area contributed by atoms with Crippen LogP contribution in [0.3, 0.4) is 0 Å². The van der Waals surface area contributed by atoms with Crippen LogP contribution in [-0.2, 0) is 43.7 Å². The molecule has 2 aliphatic heterocycles. The zero-order valence-electron chi connectivity index (χ0n) is 36.4. The fraction of sp³-hybridized carbons (Fsp3) is 0.255. The number of pyridine rings is 2. The van der Waals surface area contributed by atoms with Gasteiger partial charge in [0.15, 0.2) is 0 Å². The van der Waals surface area contributed by atoms with Crippen molar-refractivity contribution in [2.45, 2.75) is 89.3 Å². The van der Waals surface area contributed by atoms with Crippen LogP contribution in [0.15, 0.2) is 133 Å². The zero-order chi connectivity index (χ0) is 42.0. The summed E-state index contributed by atoms with van der Waals surface area (Å²) in [7, 11) is 0. The number of nitrogens with zero attached hydrogens (tertiary/aromatic N) is 5. The van der Waals surface area contributed by atoms with Gasteiger partial charge in [-0.1, -0.05) is 133 Å². The number of hydrogen-bond donors (Lipinski definition) is 0. The number of fused-ring (bicyclic) bond motifs is 8. The second-order valence-corrected chi connectivity index (χ2v) is 20.7. The van der Waals surface area contributed by atoms with Crippen LogP contribution in [-0.4, -0.2) is 25.6 Å². The summed E-state index contributed by atoms with van der Waals surface area (Å²) in [6.45, 7) is 18.4. The molecule has 3 aromatic heterocycles. The molecule has 2 atom stereocenters. The summed E-state index contributed by atoms with van der Waals surface area (Å²) in [6.07, 6.45) is 4.78. The summed E-state index contributed by atoms with van der Waals surface area (Å²) >= 11 is 1.89. The van der Waals surface area contributed by atoms with Crippen LogP contribution in [0, 0.1) is 12.1 Å². The molecule has 0 amide bonds. The van der Waals surface area contributed by atoms with Gasteiger partial charge >= 0.3 is 21.1 Å². The molecule has 1 aliphatic carbocycles. The number of anilines is 3. The number of thioether (sulfide) groups is 1. The Balaban J connectivity index is 0.00000458. The predicted molar refractivity (Wildman–Crippen MR) is 254 cm³/mol. The van der Waals surface area contributed by atoms with Crippen LogP contribution in [0.4, 0.5) is 17.1 Å². The second kappa shape index (κ2) is 14.6. The Morgan fingerprint density at radius 2 is 1.52 bits per heavy atom. The maximum absolute atomic E-state index is 5.52. The average molecular weight is 1010 g/mol. The van der Waals surface area contributed by atoms with Gasteiger partial charge in [-0.2, -0.15) is 6.07 Å². The Hall–Kier alpha value is -5.29. The van der Waals surface area contributed by atoms with Gasteiger partial charge in [0.25, 0.3) is 0 Å². The van der Waals surface area contributed by atoms with Crippen LogP contribution >= 0.6 is 11.8 Å². The molecule has 5 nitrogen and oxygen atoms in total. The first kappa shape index (κ1) is 40.8. The fourth-order valence-electron chi connectivity index (χ4n) is 10.0. The minimum atomic E-state index is -0.315. The maximum atomic E-state index is 5.52. The molecule has 0 spiro atoms. The van der Waals surface area contributed by atoms with Gasteiger partial charge < -0.3 is 14.5 Å². The Labute approximate surface area is 384 Å². The number of rotatable bonds is 4. The first-order valence-corrected chi connectivity index (χ1v) is 22.4. The second-order valence-electron chi connectivity index (χ2n) is 19.5. The molecule has 0 N–H and O–H groups in total. The largest absolute Gasteiger partial charge is 2.00 e. The summed E-state index contributed by atoms with van der Waals surface area (Å²) in [5.41, 5.74) is 15.9. The van der Waals surface area contributed by atoms with Crippen molar-refractivity contribution in [1.29, 1.82) is 0 Å². The normalized spacial score (nSPS) is 17.6. The summed E-state index contributed by atoms with van der Waals surface area (Å²) < 4.78 is 2.30. The molecule has 0 saturated heterocycles. The summed E-state index contributed by atoms with van der Waals surface area (Å²) in [5.74, 6) is 0.890. The van der Waals surface area contributed by atoms with Crippen LogP contribution < -0.4 is 4.90 Å². The van der Waals surface area contributed by atoms with Crippen LogP contribution in [0.1, 0.15) is 99.6 Å². The van der Waals surface area contributed by atoms with Crippen molar-refractivity contribution in [1.82, 2.24) is 14.5 Å². The first-order valence-electron chi connectivity index (χ1n) is 21.5. The van der Waals surface area contributed by atoms with E-state index in [1.54, 1.807) is 0 Å². The molecule has 0 saturated carbocycles. The number of hydrogen-bond acceptors (Lipinski definition) is 5. The van der Waals surface area contributed by atoms with Gasteiger partial charge in [-0.05, 0) is 98.0 Å². The minimum Gasteiger partial charge on any atom is -0.352 e. The smallest absolute Gasteiger partial charge is 0.352 e. The molecule has 0 radical (unpaired) electrons. The van der Waals surface area contributed by atoms with E-state index in [2.05, 4.69) is 186 Å². The Morgan fingerprint density at radius 3 is 2.31 bits per heavy atom. The number of para-hydroxylation sites is 2. The molecule has 0 unspecified atom stereocenters. The van der Waals surface area contributed by atoms with Crippen molar-refractivity contribution >= 4 is 55.7 Å². The van der Waals surface area contributed by atoms with Crippen LogP contribution in [0.25, 0.3) is 38.9 Å². The maximum Gasteiger partial charge on any atom is 2.00 e. The quantitative estimate of drug-likeness (QED) is 0.165. The molecule has 62 heavy (non-hydrogen) atoms. The molecular formula is C55H49N5PtS. The number of aromatic nitrogens is 3. The molecule has 8 aromatic rings. The van der Waals surface area contributed by atoms with Crippen molar-refractivity contribution in [3.63, 3.8) is 0 Å². The van der Waals surface area contributed by atoms with E-state index in [1.807, 2.05) is 30.2 Å². The monoisotopic (exact) mass is 1010 g/mol. The van der Waals surface area contributed by atoms with Gasteiger partial charge in [0, 0.05) is 33.9 Å². The van der Waals surface area contributed by atoms with Gasteiger partial charge in [-0.15, -0.1) is 52.5 Å². The third kappa shape index (κ3) is 6.43. The van der Waals surface area contributed by atoms with Gasteiger partial charge in [0.05, 0.1) is 11.7 Å². The molecule has 5 aromatic carbocycles. The molecule has 0 bridgehead atoms. The minimum absolute atomic E-state index is 0. The number of benzene rings is 5. The van der Waals surface area contributed by atoms with Crippen molar-refractivity contribution in [2.75, 3.05) is 4.90 Å². The van der Waals surface area contributed by atoms with E-state index >= 15 is 0 Å². The van der Waals surface area contributed by atoms with Gasteiger partial charge in [-0.3, -0.25) is 4.98 Å². The fourth-order valence-corrected chi connectivity index (χ4v) is 11.4. The van der Waals surface area contributed by atoms with Crippen molar-refractivity contribution in [3.05, 3.63) is 179 Å². The van der Waals surface area contributed by atoms with E-state index in [0.717, 1.165) is 67.6 Å². The van der Waals surface area contributed by atoms with E-state index in [-0.39, 0.29) is 48.6 Å². The van der Waals surface area contributed by atoms with Gasteiger partial charge in [-0.25, -0.2) is 4.98 Å². The predicted octanol–water partition coefficient (Wildman–Crippen LogP) is 13.7. The molecular weight excluding hydrogens is 958 g/mol. The van der Waals surface area contributed by atoms with Crippen LogP contribution in [0.2, 0.25) is 0 Å². The molecule has 11 rings (SSSR count). The SMILES string of the molecule is CC(C)(C)c1ccnc(-n2c3[c-]c4c(cc3c3ccccc32)C(C)(C)c2ccccc2N4c2[c-]c(C3=N[C@@H]4Cc5c(cccc5C(C)(C)C)[C@@H]4S3)cc(-c3ccccn3)c2)c1.[Pt+2]. The average Bonchev–Trinajstić information content (AvgIpc) is 3.92. The Bertz CT molecular complexity index is 3110. The summed E-state index contributed by atoms with van der Waals surface area (Å²) in [5, 5.41) is 3.67. The van der Waals surface area contributed by atoms with Crippen molar-refractivity contribution < 1.29 is 21.1 Å². The topological polar surface area (TPSA) is 46.3 Å². The van der Waals surface area contributed by atoms with Crippen molar-refractivity contribution in [3.8, 4) is 17.1 Å². The van der Waals surface area contributed by atoms with Gasteiger partial charge in [0.2, 0.25) is 0 Å². The molecule has 3 aliphatic rings. The van der Waals surface area contributed by atoms with E-state index in [0.29, 0.717) is 0 Å².